The molecule has 0 radical (unpaired) electrons. The average Bonchev–Trinajstić information content (AvgIpc) is 0.810. The van der Waals surface area contributed by atoms with Crippen LogP contribution in [0.3, 0.4) is 0 Å². The lowest BCUT2D eigenvalue weighted by Gasteiger charge is -2.40. The molecule has 0 heterocycles. The normalized spacial score (nSPS) is 16.9. The van der Waals surface area contributed by atoms with Crippen molar-refractivity contribution >= 4 is 136 Å². The minimum absolute atomic E-state index is 0. The largest absolute Gasteiger partial charge is 0.444 e. The van der Waals surface area contributed by atoms with Crippen molar-refractivity contribution in [2.45, 2.75) is 221 Å². The Hall–Kier alpha value is -3.57. The predicted molar refractivity (Wildman–Crippen MR) is 424 cm³/mol. The molecule has 4 saturated carbocycles. The number of hydrogen-bond acceptors (Lipinski definition) is 8. The van der Waals surface area contributed by atoms with Crippen LogP contribution >= 0.6 is 124 Å². The first kappa shape index (κ1) is 86.8. The molecule has 2 amide bonds. The quantitative estimate of drug-likeness (QED) is 0.0441. The number of unbranched alkanes of at least 4 members (excludes halogenated alkanes) is 2. The SMILES string of the molecule is BrCCCCCBr.CC(C)(C)OC(=O)NC(Cc1cc(F)cc(F)c1)[C@H](O)CNC1(c2cccc(Br)c2)CCCCC1.Cl.N#CC1(c2cccc(Br)c2)CCCCC1.N#CCc1cccc(Br)c1.NC(=O)C1(c2cccc(Br)c2)CCCCC1.NC1(c2cccc(Br)c2)CCCCC1. The predicted octanol–water partition coefficient (Wildman–Crippen LogP) is 22.7. The van der Waals surface area contributed by atoms with Crippen LogP contribution in [0.15, 0.2) is 162 Å². The van der Waals surface area contributed by atoms with Crippen LogP contribution in [0.2, 0.25) is 0 Å². The number of ether oxygens (including phenoxy) is 1. The van der Waals surface area contributed by atoms with E-state index in [1.54, 1.807) is 20.8 Å². The lowest BCUT2D eigenvalue weighted by Crippen LogP contribution is -2.53. The molecule has 2 atom stereocenters. The number of carbonyl (C=O) groups excluding carboxylic acids is 2. The van der Waals surface area contributed by atoms with E-state index in [0.717, 1.165) is 139 Å². The van der Waals surface area contributed by atoms with E-state index in [4.69, 9.17) is 21.5 Å². The van der Waals surface area contributed by atoms with Gasteiger partial charge in [0.2, 0.25) is 5.91 Å². The van der Waals surface area contributed by atoms with E-state index in [1.807, 2.05) is 72.8 Å². The van der Waals surface area contributed by atoms with Crippen LogP contribution < -0.4 is 22.1 Å². The number of nitrogens with zero attached hydrogens (tertiary/aromatic N) is 2. The molecule has 10 rings (SSSR count). The minimum Gasteiger partial charge on any atom is -0.444 e. The minimum atomic E-state index is -1.03. The Labute approximate surface area is 647 Å². The van der Waals surface area contributed by atoms with Crippen molar-refractivity contribution in [3.63, 3.8) is 0 Å². The van der Waals surface area contributed by atoms with E-state index < -0.39 is 40.9 Å². The van der Waals surface area contributed by atoms with Gasteiger partial charge in [-0.1, -0.05) is 256 Å². The summed E-state index contributed by atoms with van der Waals surface area (Å²) in [4.78, 5) is 24.3. The van der Waals surface area contributed by atoms with Crippen LogP contribution in [0.4, 0.5) is 13.6 Å². The zero-order chi connectivity index (χ0) is 70.9. The number of halogens is 10. The van der Waals surface area contributed by atoms with Crippen LogP contribution in [-0.4, -0.2) is 52.1 Å². The maximum atomic E-state index is 13.8. The van der Waals surface area contributed by atoms with Crippen molar-refractivity contribution in [1.82, 2.24) is 10.6 Å². The summed E-state index contributed by atoms with van der Waals surface area (Å²) in [6.45, 7) is 5.41. The molecule has 1 unspecified atom stereocenters. The Morgan fingerprint density at radius 2 is 1.00 bits per heavy atom. The number of nitrogens with two attached hydrogens (primary N) is 2. The number of alkyl halides is 2. The molecular formula is C78H98Br7ClF2N6O4. The van der Waals surface area contributed by atoms with Gasteiger partial charge in [-0.05, 0) is 198 Å². The average molecular weight is 1820 g/mol. The van der Waals surface area contributed by atoms with Gasteiger partial charge in [0.1, 0.15) is 17.2 Å². The monoisotopic (exact) mass is 1810 g/mol. The molecule has 6 aromatic rings. The second-order valence-electron chi connectivity index (χ2n) is 26.7. The number of rotatable bonds is 17. The van der Waals surface area contributed by atoms with Crippen LogP contribution in [0.5, 0.6) is 0 Å². The van der Waals surface area contributed by atoms with Gasteiger partial charge in [0.05, 0.1) is 41.5 Å². The number of nitriles is 2. The van der Waals surface area contributed by atoms with E-state index in [-0.39, 0.29) is 47.8 Å². The first-order chi connectivity index (χ1) is 46.3. The molecule has 20 heteroatoms. The number of carbonyl (C=O) groups is 2. The van der Waals surface area contributed by atoms with Gasteiger partial charge in [-0.3, -0.25) is 4.79 Å². The van der Waals surface area contributed by atoms with E-state index in [2.05, 4.69) is 183 Å². The van der Waals surface area contributed by atoms with Crippen LogP contribution in [-0.2, 0) is 44.3 Å². The van der Waals surface area contributed by atoms with Crippen molar-refractivity contribution in [3.05, 3.63) is 207 Å². The summed E-state index contributed by atoms with van der Waals surface area (Å²) in [7, 11) is 0. The van der Waals surface area contributed by atoms with Crippen molar-refractivity contribution in [2.24, 2.45) is 11.5 Å². The summed E-state index contributed by atoms with van der Waals surface area (Å²) in [5.74, 6) is -1.59. The summed E-state index contributed by atoms with van der Waals surface area (Å²) >= 11 is 24.0. The highest BCUT2D eigenvalue weighted by atomic mass is 79.9. The van der Waals surface area contributed by atoms with Gasteiger partial charge >= 0.3 is 6.09 Å². The molecule has 0 saturated heterocycles. The highest BCUT2D eigenvalue weighted by Crippen LogP contribution is 2.42. The second kappa shape index (κ2) is 44.8. The fourth-order valence-corrected chi connectivity index (χ4v) is 15.9. The highest BCUT2D eigenvalue weighted by Gasteiger charge is 2.40. The molecule has 10 nitrogen and oxygen atoms in total. The molecule has 4 aliphatic rings. The van der Waals surface area contributed by atoms with Crippen molar-refractivity contribution in [1.29, 1.82) is 10.5 Å². The lowest BCUT2D eigenvalue weighted by molar-refractivity contribution is -0.124. The number of alkyl carbamates (subject to hydrolysis) is 1. The highest BCUT2D eigenvalue weighted by molar-refractivity contribution is 9.11. The summed E-state index contributed by atoms with van der Waals surface area (Å²) in [6.07, 6.45) is 24.9. The molecule has 0 bridgehead atoms. The maximum Gasteiger partial charge on any atom is 0.407 e. The third-order valence-electron chi connectivity index (χ3n) is 18.2. The zero-order valence-electron chi connectivity index (χ0n) is 56.8. The molecule has 6 aromatic carbocycles. The number of aliphatic hydroxyl groups excluding tert-OH is 1. The molecule has 4 fully saturated rings. The van der Waals surface area contributed by atoms with Gasteiger partial charge in [0.15, 0.2) is 0 Å². The molecule has 4 aliphatic carbocycles. The van der Waals surface area contributed by atoms with Gasteiger partial charge < -0.3 is 31.9 Å². The number of aliphatic hydroxyl groups is 1. The van der Waals surface area contributed by atoms with Gasteiger partial charge in [0.25, 0.3) is 0 Å². The van der Waals surface area contributed by atoms with Gasteiger partial charge in [-0.2, -0.15) is 10.5 Å². The fourth-order valence-electron chi connectivity index (χ4n) is 13.1. The zero-order valence-corrected chi connectivity index (χ0v) is 68.7. The third-order valence-corrected chi connectivity index (χ3v) is 21.8. The lowest BCUT2D eigenvalue weighted by atomic mass is 9.69. The molecule has 98 heavy (non-hydrogen) atoms. The summed E-state index contributed by atoms with van der Waals surface area (Å²) in [6, 6.07) is 47.6. The number of nitrogens with one attached hydrogen (secondary N) is 2. The molecule has 0 spiro atoms. The van der Waals surface area contributed by atoms with Gasteiger partial charge in [-0.25, -0.2) is 13.6 Å². The summed E-state index contributed by atoms with van der Waals surface area (Å²) < 4.78 is 38.2. The maximum absolute atomic E-state index is 13.8. The first-order valence-electron chi connectivity index (χ1n) is 34.0. The molecule has 534 valence electrons. The van der Waals surface area contributed by atoms with E-state index in [9.17, 15) is 28.7 Å². The molecular weight excluding hydrogens is 1720 g/mol. The molecule has 0 aromatic heterocycles. The molecule has 7 N–H and O–H groups in total. The Bertz CT molecular complexity index is 3430. The van der Waals surface area contributed by atoms with Crippen LogP contribution in [0, 0.1) is 34.3 Å². The number of hydrogen-bond donors (Lipinski definition) is 5. The van der Waals surface area contributed by atoms with Gasteiger partial charge in [-0.15, -0.1) is 12.4 Å². The Morgan fingerprint density at radius 3 is 1.47 bits per heavy atom. The topological polar surface area (TPSA) is 187 Å². The van der Waals surface area contributed by atoms with Crippen molar-refractivity contribution < 1.29 is 28.2 Å². The standard InChI is InChI=1S/C27H35BrF2N2O3.C13H16BrNO.C13H14BrN.C12H16BrN.C8H6BrN.C5H10Br2.ClH/c1-26(2,3)35-25(34)32-23(14-18-12-21(29)16-22(30)13-18)24(33)17-31-27(10-5-4-6-11-27)19-8-7-9-20(28)15-19;14-11-6-4-5-10(9-11)13(12(15)16)7-2-1-3-8-13;14-12-6-4-5-11(9-12)13(10-15)7-2-1-3-8-13;13-11-6-4-5-10(9-11)12(14)7-2-1-3-8-12;9-8-3-1-2-7(6-8)4-5-10;6-4-2-1-3-5-7;/h7-9,12-13,15-16,23-24,31,33H,4-6,10-11,14,17H2,1-3H3,(H,32,34);4-6,9H,1-3,7-8H2,(H2,15,16);4-6,9H,1-3,7-8H2;4-6,9H,1-3,7-8,14H2;1-3,6H,4H2;1-5H2;1H/t23?,24-;;;;;;/m1....../s1. The first-order valence-corrected chi connectivity index (χ1v) is 40.2. The summed E-state index contributed by atoms with van der Waals surface area (Å²) in [5.41, 5.74) is 16.4. The number of benzene rings is 6. The Kier molecular flexibility index (Phi) is 39.7. The van der Waals surface area contributed by atoms with Crippen LogP contribution in [0.25, 0.3) is 0 Å². The van der Waals surface area contributed by atoms with Crippen LogP contribution in [0.1, 0.15) is 202 Å². The van der Waals surface area contributed by atoms with E-state index >= 15 is 0 Å². The van der Waals surface area contributed by atoms with E-state index in [0.29, 0.717) is 12.0 Å². The van der Waals surface area contributed by atoms with E-state index in [1.165, 1.54) is 87.5 Å². The fraction of sp³-hybridized carbons (Fsp3) is 0.487. The Morgan fingerprint density at radius 1 is 0.571 bits per heavy atom. The van der Waals surface area contributed by atoms with Crippen molar-refractivity contribution in [3.8, 4) is 12.1 Å². The molecule has 0 aliphatic heterocycles. The number of amides is 2. The van der Waals surface area contributed by atoms with Gasteiger partial charge in [0, 0.05) is 56.7 Å². The van der Waals surface area contributed by atoms with Crippen molar-refractivity contribution in [2.75, 3.05) is 17.2 Å². The smallest absolute Gasteiger partial charge is 0.407 e. The Balaban J connectivity index is 0.000000272. The summed E-state index contributed by atoms with van der Waals surface area (Å²) in [5, 5.41) is 37.5. The number of primary amides is 1. The third kappa shape index (κ3) is 29.6. The second-order valence-corrected chi connectivity index (χ2v) is 32.9.